The zero-order valence-corrected chi connectivity index (χ0v) is 27.4. The van der Waals surface area contributed by atoms with E-state index in [1.165, 1.54) is 99.1 Å². The Labute approximate surface area is 294 Å². The van der Waals surface area contributed by atoms with E-state index in [0.717, 1.165) is 24.3 Å². The smallest absolute Gasteiger partial charge is 0.355 e. The molecule has 2 heterocycles. The largest absolute Gasteiger partial charge is 0.497 e. The topological polar surface area (TPSA) is 84.6 Å². The fraction of sp³-hybridized carbons (Fsp3) is 0.100. The summed E-state index contributed by atoms with van der Waals surface area (Å²) in [4.78, 5) is 6.64. The van der Waals surface area contributed by atoms with Crippen LogP contribution in [0.3, 0.4) is 0 Å². The zero-order valence-electron chi connectivity index (χ0n) is 27.4. The first kappa shape index (κ1) is 34.6. The molecule has 0 saturated heterocycles. The molecule has 0 bridgehead atoms. The van der Waals surface area contributed by atoms with Crippen molar-refractivity contribution in [1.29, 1.82) is 10.5 Å². The van der Waals surface area contributed by atoms with E-state index >= 15 is 17.6 Å². The summed E-state index contributed by atoms with van der Waals surface area (Å²) in [5.74, 6) is 0.688. The highest BCUT2D eigenvalue weighted by molar-refractivity contribution is 6.08. The Morgan fingerprint density at radius 3 is 1.17 bits per heavy atom. The average molecular weight is 697 g/mol. The van der Waals surface area contributed by atoms with E-state index in [1.54, 1.807) is 12.1 Å². The minimum absolute atomic E-state index is 0.0277. The van der Waals surface area contributed by atoms with Crippen LogP contribution >= 0.6 is 0 Å². The average Bonchev–Trinajstić information content (AvgIpc) is 3.71. The molecule has 12 heteroatoms. The van der Waals surface area contributed by atoms with Crippen molar-refractivity contribution in [2.75, 3.05) is 14.2 Å². The van der Waals surface area contributed by atoms with Crippen LogP contribution in [0.15, 0.2) is 109 Å². The summed E-state index contributed by atoms with van der Waals surface area (Å²) in [5, 5.41) is 18.6. The predicted molar refractivity (Wildman–Crippen MR) is 186 cm³/mol. The van der Waals surface area contributed by atoms with Crippen LogP contribution in [-0.2, 0) is 12.1 Å². The van der Waals surface area contributed by atoms with Gasteiger partial charge in [-0.1, -0.05) is 60.7 Å². The molecule has 0 fully saturated rings. The Hall–Kier alpha value is -7.28. The summed E-state index contributed by atoms with van der Waals surface area (Å²) in [5.41, 5.74) is -3.58. The molecule has 4 aromatic carbocycles. The van der Waals surface area contributed by atoms with E-state index < -0.39 is 56.7 Å². The van der Waals surface area contributed by atoms with Gasteiger partial charge >= 0.3 is 12.1 Å². The molecule has 0 spiro atoms. The lowest BCUT2D eigenvalue weighted by Gasteiger charge is -2.25. The van der Waals surface area contributed by atoms with Gasteiger partial charge in [0, 0.05) is 21.9 Å². The van der Waals surface area contributed by atoms with E-state index in [0.29, 0.717) is 20.6 Å². The zero-order chi connectivity index (χ0) is 37.2. The van der Waals surface area contributed by atoms with Gasteiger partial charge in [0.2, 0.25) is 0 Å². The molecule has 0 N–H and O–H groups in total. The van der Waals surface area contributed by atoms with E-state index in [2.05, 4.69) is 9.69 Å². The quantitative estimate of drug-likeness (QED) is 0.119. The van der Waals surface area contributed by atoms with Gasteiger partial charge < -0.3 is 9.47 Å². The summed E-state index contributed by atoms with van der Waals surface area (Å²) < 4.78 is 80.8. The first-order valence-electron chi connectivity index (χ1n) is 15.4. The van der Waals surface area contributed by atoms with E-state index in [-0.39, 0.29) is 21.9 Å². The van der Waals surface area contributed by atoms with Crippen LogP contribution in [0.25, 0.3) is 54.4 Å². The molecule has 0 amide bonds. The minimum atomic E-state index is -4.03. The van der Waals surface area contributed by atoms with Crippen LogP contribution in [0, 0.1) is 35.8 Å². The fourth-order valence-electron chi connectivity index (χ4n) is 6.22. The molecule has 6 aromatic rings. The standard InChI is InChI=1S/C40H24F4N6O2/c1-47-31(23-45)37-33-34(36(26-17-21-30(52-4)22-18-26)49(37)39(41,42)27-11-7-5-8-12-27)38(32(24-46)48-2)50(40(43,44)28-13-9-6-10-14-28)35(33)25-15-19-29(51-3)20-16-25/h5-22H,3-4H3/b37-31-,38-32+. The molecule has 8 nitrogen and oxygen atoms in total. The monoisotopic (exact) mass is 696 g/mol. The van der Waals surface area contributed by atoms with Gasteiger partial charge in [-0.05, 0) is 59.7 Å². The van der Waals surface area contributed by atoms with Gasteiger partial charge in [-0.2, -0.15) is 17.6 Å². The normalized spacial score (nSPS) is 12.6. The van der Waals surface area contributed by atoms with Crippen molar-refractivity contribution in [2.45, 2.75) is 12.1 Å². The van der Waals surface area contributed by atoms with Gasteiger partial charge in [-0.3, -0.25) is 9.13 Å². The number of hydrogen-bond donors (Lipinski definition) is 0. The van der Waals surface area contributed by atoms with E-state index in [9.17, 15) is 10.5 Å². The van der Waals surface area contributed by atoms with Crippen LogP contribution in [-0.4, -0.2) is 23.4 Å². The Balaban J connectivity index is 2.06. The molecule has 0 aliphatic heterocycles. The summed E-state index contributed by atoms with van der Waals surface area (Å²) in [7, 11) is 2.80. The molecule has 0 saturated carbocycles. The summed E-state index contributed by atoms with van der Waals surface area (Å²) >= 11 is 0. The third-order valence-electron chi connectivity index (χ3n) is 8.51. The van der Waals surface area contributed by atoms with Gasteiger partial charge in [0.25, 0.3) is 11.4 Å². The van der Waals surface area contributed by atoms with Crippen LogP contribution in [0.1, 0.15) is 11.1 Å². The van der Waals surface area contributed by atoms with Crippen molar-refractivity contribution in [3.63, 3.8) is 0 Å². The van der Waals surface area contributed by atoms with Crippen molar-refractivity contribution in [2.24, 2.45) is 0 Å². The number of rotatable bonds is 8. The SMILES string of the molecule is [C-]#[N+]/C(C#N)=c1/c2c(-c3ccc(OC)cc3)n(C(F)(F)c3ccccc3)/c(=C(\C#N)[N+]#[C-])c2c(-c2ccc(OC)cc2)n1C(F)(F)c1ccccc1. The fourth-order valence-corrected chi connectivity index (χ4v) is 6.22. The first-order chi connectivity index (χ1) is 25.1. The van der Waals surface area contributed by atoms with Crippen molar-refractivity contribution in [3.05, 3.63) is 154 Å². The van der Waals surface area contributed by atoms with Gasteiger partial charge in [0.05, 0.1) is 61.6 Å². The molecule has 0 unspecified atom stereocenters. The predicted octanol–water partition coefficient (Wildman–Crippen LogP) is 8.09. The molecule has 0 radical (unpaired) electrons. The van der Waals surface area contributed by atoms with Crippen molar-refractivity contribution in [3.8, 4) is 46.2 Å². The maximum atomic E-state index is 17.3. The highest BCUT2D eigenvalue weighted by Crippen LogP contribution is 2.44. The Morgan fingerprint density at radius 1 is 0.577 bits per heavy atom. The maximum Gasteiger partial charge on any atom is 0.355 e. The summed E-state index contributed by atoms with van der Waals surface area (Å²) in [6.45, 7) is 15.9. The highest BCUT2D eigenvalue weighted by Gasteiger charge is 2.44. The number of aromatic nitrogens is 2. The Kier molecular flexibility index (Phi) is 9.01. The molecule has 0 aliphatic rings. The number of benzene rings is 4. The lowest BCUT2D eigenvalue weighted by atomic mass is 10.0. The molecule has 52 heavy (non-hydrogen) atoms. The van der Waals surface area contributed by atoms with Gasteiger partial charge in [-0.25, -0.2) is 20.2 Å². The number of hydrogen-bond acceptors (Lipinski definition) is 4. The lowest BCUT2D eigenvalue weighted by Crippen LogP contribution is -2.37. The van der Waals surface area contributed by atoms with E-state index in [1.807, 2.05) is 0 Å². The number of ether oxygens (including phenoxy) is 2. The highest BCUT2D eigenvalue weighted by atomic mass is 19.3. The first-order valence-corrected chi connectivity index (χ1v) is 15.4. The van der Waals surface area contributed by atoms with Crippen molar-refractivity contribution >= 4 is 22.2 Å². The molecule has 6 rings (SSSR count). The van der Waals surface area contributed by atoms with Gasteiger partial charge in [-0.15, -0.1) is 0 Å². The van der Waals surface area contributed by atoms with Crippen LogP contribution < -0.4 is 20.2 Å². The molecule has 2 aromatic heterocycles. The van der Waals surface area contributed by atoms with Gasteiger partial charge in [0.1, 0.15) is 11.5 Å². The molecule has 0 atom stereocenters. The third kappa shape index (κ3) is 5.46. The van der Waals surface area contributed by atoms with E-state index in [4.69, 9.17) is 22.6 Å². The Morgan fingerprint density at radius 2 is 0.904 bits per heavy atom. The number of halogens is 4. The lowest BCUT2D eigenvalue weighted by molar-refractivity contribution is -0.0377. The number of methoxy groups -OCH3 is 2. The van der Waals surface area contributed by atoms with Crippen molar-refractivity contribution in [1.82, 2.24) is 9.13 Å². The number of alkyl halides is 4. The number of nitriles is 2. The number of fused-ring (bicyclic) bond motifs is 1. The second kappa shape index (κ2) is 13.6. The molecule has 0 aliphatic carbocycles. The second-order valence-corrected chi connectivity index (χ2v) is 11.2. The minimum Gasteiger partial charge on any atom is -0.497 e. The molecular weight excluding hydrogens is 672 g/mol. The van der Waals surface area contributed by atoms with Crippen LogP contribution in [0.5, 0.6) is 11.5 Å². The molecule has 254 valence electrons. The second-order valence-electron chi connectivity index (χ2n) is 11.2. The van der Waals surface area contributed by atoms with Gasteiger partial charge in [0.15, 0.2) is 0 Å². The third-order valence-corrected chi connectivity index (χ3v) is 8.51. The summed E-state index contributed by atoms with van der Waals surface area (Å²) in [6, 6.07) is 20.0. The van der Waals surface area contributed by atoms with Crippen LogP contribution in [0.4, 0.5) is 17.6 Å². The molecular formula is C40H24F4N6O2. The van der Waals surface area contributed by atoms with Crippen molar-refractivity contribution < 1.29 is 27.0 Å². The maximum absolute atomic E-state index is 17.3. The number of nitrogens with zero attached hydrogens (tertiary/aromatic N) is 6. The summed E-state index contributed by atoms with van der Waals surface area (Å²) in [6.07, 6.45) is 0. The van der Waals surface area contributed by atoms with Crippen LogP contribution in [0.2, 0.25) is 0 Å². The Bertz CT molecular complexity index is 2400.